The molecule has 1 saturated carbocycles. The van der Waals surface area contributed by atoms with Crippen molar-refractivity contribution in [2.24, 2.45) is 5.92 Å². The largest absolute Gasteiger partial charge is 0.493 e. The number of aldehydes is 1. The third-order valence-corrected chi connectivity index (χ3v) is 7.46. The van der Waals surface area contributed by atoms with E-state index in [2.05, 4.69) is 65.5 Å². The third kappa shape index (κ3) is 4.46. The molecule has 1 N–H and O–H groups in total. The van der Waals surface area contributed by atoms with Crippen LogP contribution in [0.5, 0.6) is 5.75 Å². The summed E-state index contributed by atoms with van der Waals surface area (Å²) in [6, 6.07) is 16.4. The standard InChI is InChI=1S/C27H29NO2S/c1-18-12-19(2-5-25(18)22-9-11-31-17-22)8-10-30-24-4-6-26-21(15-24)3-7-27(26)28-23-13-20(14-23)16-29/h2,4-6,9,11-12,15-17,20,23,27-28H,3,7-8,10,13-14H2,1H3. The number of nitrogens with one attached hydrogen (secondary N) is 1. The van der Waals surface area contributed by atoms with Crippen molar-refractivity contribution in [2.75, 3.05) is 6.61 Å². The van der Waals surface area contributed by atoms with Gasteiger partial charge in [0, 0.05) is 24.4 Å². The Labute approximate surface area is 188 Å². The van der Waals surface area contributed by atoms with Crippen molar-refractivity contribution in [3.05, 3.63) is 75.5 Å². The van der Waals surface area contributed by atoms with Gasteiger partial charge in [-0.15, -0.1) is 0 Å². The van der Waals surface area contributed by atoms with Crippen LogP contribution in [0, 0.1) is 12.8 Å². The Morgan fingerprint density at radius 2 is 2.06 bits per heavy atom. The molecule has 160 valence electrons. The lowest BCUT2D eigenvalue weighted by atomic mass is 9.81. The van der Waals surface area contributed by atoms with E-state index in [0.29, 0.717) is 18.7 Å². The second kappa shape index (κ2) is 8.97. The van der Waals surface area contributed by atoms with E-state index in [0.717, 1.165) is 44.1 Å². The molecule has 0 saturated heterocycles. The first kappa shape index (κ1) is 20.5. The Balaban J connectivity index is 1.15. The molecular weight excluding hydrogens is 402 g/mol. The average molecular weight is 432 g/mol. The first-order valence-corrected chi connectivity index (χ1v) is 12.2. The second-order valence-corrected chi connectivity index (χ2v) is 9.72. The van der Waals surface area contributed by atoms with Gasteiger partial charge in [0.25, 0.3) is 0 Å². The van der Waals surface area contributed by atoms with Crippen LogP contribution >= 0.6 is 11.3 Å². The molecule has 0 aliphatic heterocycles. The molecule has 2 aromatic carbocycles. The van der Waals surface area contributed by atoms with Crippen LogP contribution in [0.4, 0.5) is 0 Å². The highest BCUT2D eigenvalue weighted by Gasteiger charge is 2.32. The van der Waals surface area contributed by atoms with Crippen molar-refractivity contribution in [3.8, 4) is 16.9 Å². The minimum atomic E-state index is 0.268. The first-order chi connectivity index (χ1) is 15.2. The molecule has 2 aliphatic rings. The summed E-state index contributed by atoms with van der Waals surface area (Å²) in [6.45, 7) is 2.87. The van der Waals surface area contributed by atoms with E-state index in [-0.39, 0.29) is 5.92 Å². The maximum absolute atomic E-state index is 10.8. The highest BCUT2D eigenvalue weighted by Crippen LogP contribution is 2.36. The summed E-state index contributed by atoms with van der Waals surface area (Å²) in [5.41, 5.74) is 8.06. The predicted octanol–water partition coefficient (Wildman–Crippen LogP) is 5.90. The predicted molar refractivity (Wildman–Crippen MR) is 127 cm³/mol. The normalized spacial score (nSPS) is 22.0. The SMILES string of the molecule is Cc1cc(CCOc2ccc3c(c2)CCC3NC2CC(C=O)C2)ccc1-c1ccsc1. The molecule has 1 unspecified atom stereocenters. The molecule has 1 aromatic heterocycles. The van der Waals surface area contributed by atoms with E-state index < -0.39 is 0 Å². The van der Waals surface area contributed by atoms with Gasteiger partial charge >= 0.3 is 0 Å². The van der Waals surface area contributed by atoms with E-state index >= 15 is 0 Å². The Bertz CT molecular complexity index is 1050. The minimum Gasteiger partial charge on any atom is -0.493 e. The maximum atomic E-state index is 10.8. The fourth-order valence-electron chi connectivity index (χ4n) is 4.96. The lowest BCUT2D eigenvalue weighted by molar-refractivity contribution is -0.113. The summed E-state index contributed by atoms with van der Waals surface area (Å²) in [6.07, 6.45) is 6.22. The number of aryl methyl sites for hydroxylation is 2. The Kier molecular flexibility index (Phi) is 5.93. The van der Waals surface area contributed by atoms with Crippen LogP contribution in [0.3, 0.4) is 0 Å². The lowest BCUT2D eigenvalue weighted by Gasteiger charge is -2.35. The van der Waals surface area contributed by atoms with Gasteiger partial charge in [0.2, 0.25) is 0 Å². The van der Waals surface area contributed by atoms with Gasteiger partial charge in [-0.05, 0) is 94.9 Å². The molecule has 0 amide bonds. The fraction of sp³-hybridized carbons (Fsp3) is 0.370. The van der Waals surface area contributed by atoms with E-state index in [1.165, 1.54) is 33.4 Å². The number of carbonyl (C=O) groups excluding carboxylic acids is 1. The number of hydrogen-bond donors (Lipinski definition) is 1. The van der Waals surface area contributed by atoms with Crippen molar-refractivity contribution in [1.29, 1.82) is 0 Å². The number of benzene rings is 2. The second-order valence-electron chi connectivity index (χ2n) is 8.94. The molecule has 31 heavy (non-hydrogen) atoms. The summed E-state index contributed by atoms with van der Waals surface area (Å²) in [5.74, 6) is 1.24. The highest BCUT2D eigenvalue weighted by molar-refractivity contribution is 7.08. The van der Waals surface area contributed by atoms with Gasteiger partial charge in [-0.2, -0.15) is 11.3 Å². The Morgan fingerprint density at radius 1 is 1.16 bits per heavy atom. The molecule has 4 heteroatoms. The van der Waals surface area contributed by atoms with E-state index in [4.69, 9.17) is 4.74 Å². The van der Waals surface area contributed by atoms with E-state index in [1.54, 1.807) is 11.3 Å². The molecule has 1 fully saturated rings. The van der Waals surface area contributed by atoms with Gasteiger partial charge in [-0.1, -0.05) is 24.3 Å². The average Bonchev–Trinajstić information content (AvgIpc) is 3.40. The fourth-order valence-corrected chi connectivity index (χ4v) is 5.62. The van der Waals surface area contributed by atoms with Crippen LogP contribution in [0.25, 0.3) is 11.1 Å². The molecule has 3 aromatic rings. The van der Waals surface area contributed by atoms with Gasteiger partial charge in [-0.3, -0.25) is 0 Å². The highest BCUT2D eigenvalue weighted by atomic mass is 32.1. The van der Waals surface area contributed by atoms with Gasteiger partial charge < -0.3 is 14.8 Å². The Hall–Kier alpha value is -2.43. The molecule has 3 nitrogen and oxygen atoms in total. The number of thiophene rings is 1. The monoisotopic (exact) mass is 431 g/mol. The van der Waals surface area contributed by atoms with Crippen LogP contribution in [0.15, 0.2) is 53.2 Å². The minimum absolute atomic E-state index is 0.268. The van der Waals surface area contributed by atoms with Crippen molar-refractivity contribution in [1.82, 2.24) is 5.32 Å². The first-order valence-electron chi connectivity index (χ1n) is 11.3. The molecule has 5 rings (SSSR count). The number of ether oxygens (including phenoxy) is 1. The lowest BCUT2D eigenvalue weighted by Crippen LogP contribution is -2.43. The number of carbonyl (C=O) groups is 1. The van der Waals surface area contributed by atoms with Crippen LogP contribution in [-0.4, -0.2) is 18.9 Å². The zero-order valence-corrected chi connectivity index (χ0v) is 18.8. The molecule has 2 aliphatic carbocycles. The topological polar surface area (TPSA) is 38.3 Å². The molecule has 0 bridgehead atoms. The Morgan fingerprint density at radius 3 is 2.84 bits per heavy atom. The zero-order chi connectivity index (χ0) is 21.2. The van der Waals surface area contributed by atoms with Crippen LogP contribution in [0.2, 0.25) is 0 Å². The smallest absolute Gasteiger partial charge is 0.123 e. The van der Waals surface area contributed by atoms with Crippen molar-refractivity contribution >= 4 is 17.6 Å². The molecule has 0 spiro atoms. The zero-order valence-electron chi connectivity index (χ0n) is 18.0. The summed E-state index contributed by atoms with van der Waals surface area (Å²) in [4.78, 5) is 10.8. The van der Waals surface area contributed by atoms with Crippen molar-refractivity contribution in [3.63, 3.8) is 0 Å². The molecule has 1 atom stereocenters. The van der Waals surface area contributed by atoms with Crippen molar-refractivity contribution in [2.45, 2.75) is 51.1 Å². The summed E-state index contributed by atoms with van der Waals surface area (Å²) < 4.78 is 6.10. The van der Waals surface area contributed by atoms with E-state index in [1.807, 2.05) is 0 Å². The maximum Gasteiger partial charge on any atom is 0.123 e. The molecular formula is C27H29NO2S. The summed E-state index contributed by atoms with van der Waals surface area (Å²) in [5, 5.41) is 8.07. The van der Waals surface area contributed by atoms with Crippen molar-refractivity contribution < 1.29 is 9.53 Å². The van der Waals surface area contributed by atoms with Crippen LogP contribution < -0.4 is 10.1 Å². The molecule has 1 heterocycles. The number of hydrogen-bond acceptors (Lipinski definition) is 4. The van der Waals surface area contributed by atoms with Gasteiger partial charge in [0.05, 0.1) is 6.61 Å². The summed E-state index contributed by atoms with van der Waals surface area (Å²) >= 11 is 1.74. The van der Waals surface area contributed by atoms with Gasteiger partial charge in [-0.25, -0.2) is 0 Å². The summed E-state index contributed by atoms with van der Waals surface area (Å²) in [7, 11) is 0. The quantitative estimate of drug-likeness (QED) is 0.451. The van der Waals surface area contributed by atoms with Crippen LogP contribution in [-0.2, 0) is 17.6 Å². The van der Waals surface area contributed by atoms with Gasteiger partial charge in [0.1, 0.15) is 12.0 Å². The van der Waals surface area contributed by atoms with Gasteiger partial charge in [0.15, 0.2) is 0 Å². The van der Waals surface area contributed by atoms with Crippen LogP contribution in [0.1, 0.15) is 47.6 Å². The molecule has 0 radical (unpaired) electrons. The number of fused-ring (bicyclic) bond motifs is 1. The third-order valence-electron chi connectivity index (χ3n) is 6.78. The number of rotatable bonds is 8. The van der Waals surface area contributed by atoms with E-state index in [9.17, 15) is 4.79 Å².